The summed E-state index contributed by atoms with van der Waals surface area (Å²) < 4.78 is 49.2. The van der Waals surface area contributed by atoms with E-state index in [0.717, 1.165) is 42.7 Å². The van der Waals surface area contributed by atoms with Crippen molar-refractivity contribution in [3.05, 3.63) is 83.2 Å². The number of hydrogen-bond donors (Lipinski definition) is 0. The molecule has 4 rings (SSSR count). The molecule has 0 aliphatic heterocycles. The van der Waals surface area contributed by atoms with E-state index < -0.39 is 17.5 Å². The predicted molar refractivity (Wildman–Crippen MR) is 155 cm³/mol. The lowest BCUT2D eigenvalue weighted by molar-refractivity contribution is -0.249. The summed E-state index contributed by atoms with van der Waals surface area (Å²) in [4.78, 5) is 0. The molecule has 0 unspecified atom stereocenters. The van der Waals surface area contributed by atoms with Crippen molar-refractivity contribution in [2.75, 3.05) is 6.61 Å². The molecule has 0 radical (unpaired) electrons. The Bertz CT molecular complexity index is 1010. The number of hydrogen-bond acceptors (Lipinski definition) is 1. The third-order valence-corrected chi connectivity index (χ3v) is 9.32. The van der Waals surface area contributed by atoms with Gasteiger partial charge < -0.3 is 4.74 Å². The van der Waals surface area contributed by atoms with Crippen molar-refractivity contribution in [2.24, 2.45) is 11.8 Å². The molecule has 2 fully saturated rings. The summed E-state index contributed by atoms with van der Waals surface area (Å²) in [6, 6.07) is 12.5. The van der Waals surface area contributed by atoms with Gasteiger partial charge in [-0.05, 0) is 110 Å². The van der Waals surface area contributed by atoms with Gasteiger partial charge in [0.05, 0.1) is 12.2 Å². The molecule has 1 nitrogen and oxygen atoms in total. The van der Waals surface area contributed by atoms with Gasteiger partial charge in [-0.1, -0.05) is 75.4 Å². The molecular formula is C35H47F3O. The number of ether oxygens (including phenoxy) is 1. The van der Waals surface area contributed by atoms with Gasteiger partial charge in [-0.3, -0.25) is 0 Å². The molecule has 2 aromatic carbocycles. The lowest BCUT2D eigenvalue weighted by Gasteiger charge is -2.29. The monoisotopic (exact) mass is 540 g/mol. The highest BCUT2D eigenvalue weighted by molar-refractivity contribution is 5.30. The smallest absolute Gasteiger partial charge is 0.316 e. The zero-order valence-corrected chi connectivity index (χ0v) is 23.8. The molecule has 0 N–H and O–H groups in total. The molecular weight excluding hydrogens is 493 g/mol. The molecule has 0 bridgehead atoms. The van der Waals surface area contributed by atoms with E-state index in [0.29, 0.717) is 18.3 Å². The van der Waals surface area contributed by atoms with Crippen LogP contribution in [0, 0.1) is 17.7 Å². The summed E-state index contributed by atoms with van der Waals surface area (Å²) in [5, 5.41) is 0. The number of allylic oxidation sites excluding steroid dienone is 1. The van der Waals surface area contributed by atoms with Gasteiger partial charge in [-0.25, -0.2) is 4.39 Å². The Morgan fingerprint density at radius 3 is 2.13 bits per heavy atom. The number of unbranched alkanes of at least 4 members (excludes halogenated alkanes) is 3. The van der Waals surface area contributed by atoms with Gasteiger partial charge >= 0.3 is 6.11 Å². The summed E-state index contributed by atoms with van der Waals surface area (Å²) in [7, 11) is 0. The third-order valence-electron chi connectivity index (χ3n) is 9.32. The molecule has 39 heavy (non-hydrogen) atoms. The highest BCUT2D eigenvalue weighted by Crippen LogP contribution is 2.40. The number of benzene rings is 2. The first-order valence-corrected chi connectivity index (χ1v) is 15.4. The van der Waals surface area contributed by atoms with Gasteiger partial charge in [0.2, 0.25) is 0 Å². The predicted octanol–water partition coefficient (Wildman–Crippen LogP) is 10.8. The van der Waals surface area contributed by atoms with Crippen LogP contribution in [0.4, 0.5) is 13.2 Å². The second kappa shape index (κ2) is 14.5. The summed E-state index contributed by atoms with van der Waals surface area (Å²) in [5.74, 6) is 1.32. The van der Waals surface area contributed by atoms with E-state index in [1.807, 2.05) is 18.2 Å². The number of rotatable bonds is 13. The van der Waals surface area contributed by atoms with Crippen LogP contribution in [0.3, 0.4) is 0 Å². The van der Waals surface area contributed by atoms with Gasteiger partial charge in [0.15, 0.2) is 0 Å². The van der Waals surface area contributed by atoms with Crippen LogP contribution in [0.2, 0.25) is 0 Å². The van der Waals surface area contributed by atoms with Gasteiger partial charge in [-0.2, -0.15) is 8.78 Å². The van der Waals surface area contributed by atoms with Crippen LogP contribution in [-0.2, 0) is 17.3 Å². The molecule has 0 atom stereocenters. The fourth-order valence-corrected chi connectivity index (χ4v) is 6.69. The van der Waals surface area contributed by atoms with Gasteiger partial charge in [0.25, 0.3) is 0 Å². The lowest BCUT2D eigenvalue weighted by Crippen LogP contribution is -2.22. The molecule has 0 heterocycles. The third kappa shape index (κ3) is 8.46. The first-order chi connectivity index (χ1) is 18.9. The SMILES string of the molecule is C=C[C@H]1CC[C@H](c2ccc(C(F)(F)OCCc3ccc([C@H]4CC[C@H](CCCCCC)CC4)cc3)c(F)c2)CC1. The van der Waals surface area contributed by atoms with Crippen LogP contribution in [0.1, 0.15) is 124 Å². The molecule has 0 spiro atoms. The summed E-state index contributed by atoms with van der Waals surface area (Å²) >= 11 is 0. The Kier molecular flexibility index (Phi) is 11.1. The van der Waals surface area contributed by atoms with Crippen molar-refractivity contribution in [1.82, 2.24) is 0 Å². The molecule has 0 amide bonds. The van der Waals surface area contributed by atoms with Crippen LogP contribution < -0.4 is 0 Å². The van der Waals surface area contributed by atoms with Crippen LogP contribution >= 0.6 is 0 Å². The van der Waals surface area contributed by atoms with Gasteiger partial charge in [0, 0.05) is 0 Å². The first-order valence-electron chi connectivity index (χ1n) is 15.4. The number of alkyl halides is 2. The molecule has 0 saturated heterocycles. The lowest BCUT2D eigenvalue weighted by atomic mass is 9.77. The number of halogens is 3. The van der Waals surface area contributed by atoms with Crippen molar-refractivity contribution in [3.8, 4) is 0 Å². The maximum absolute atomic E-state index is 14.8. The van der Waals surface area contributed by atoms with E-state index in [1.165, 1.54) is 75.5 Å². The maximum atomic E-state index is 14.8. The van der Waals surface area contributed by atoms with E-state index in [9.17, 15) is 13.2 Å². The second-order valence-corrected chi connectivity index (χ2v) is 12.0. The van der Waals surface area contributed by atoms with Crippen molar-refractivity contribution in [3.63, 3.8) is 0 Å². The quantitative estimate of drug-likeness (QED) is 0.181. The Labute approximate surface area is 234 Å². The zero-order valence-electron chi connectivity index (χ0n) is 23.8. The largest absolute Gasteiger partial charge is 0.386 e. The first kappa shape index (κ1) is 29.9. The van der Waals surface area contributed by atoms with Crippen LogP contribution in [0.15, 0.2) is 55.1 Å². The van der Waals surface area contributed by atoms with E-state index in [1.54, 1.807) is 6.07 Å². The fourth-order valence-electron chi connectivity index (χ4n) is 6.69. The van der Waals surface area contributed by atoms with E-state index in [4.69, 9.17) is 4.74 Å². The summed E-state index contributed by atoms with van der Waals surface area (Å²) in [5.41, 5.74) is 2.44. The normalized spacial score (nSPS) is 24.0. The minimum atomic E-state index is -3.65. The zero-order chi connectivity index (χ0) is 27.7. The summed E-state index contributed by atoms with van der Waals surface area (Å²) in [6.07, 6.45) is 14.5. The molecule has 0 aromatic heterocycles. The van der Waals surface area contributed by atoms with E-state index in [2.05, 4.69) is 25.6 Å². The van der Waals surface area contributed by atoms with Crippen LogP contribution in [0.25, 0.3) is 0 Å². The van der Waals surface area contributed by atoms with Crippen LogP contribution in [-0.4, -0.2) is 6.61 Å². The molecule has 4 heteroatoms. The van der Waals surface area contributed by atoms with E-state index in [-0.39, 0.29) is 12.5 Å². The standard InChI is InChI=1S/C35H47F3O/c1-3-5-6-7-8-27-11-17-29(18-12-27)30-19-13-28(14-20-30)23-24-39-35(37,38)33-22-21-32(25-34(33)36)31-15-9-26(4-2)10-16-31/h4,13-14,19-22,25-27,29,31H,2-3,5-12,15-18,23-24H2,1H3/t26-,27-,29-,31-. The molecule has 2 aliphatic rings. The van der Waals surface area contributed by atoms with Gasteiger partial charge in [0.1, 0.15) is 5.82 Å². The fraction of sp³-hybridized carbons (Fsp3) is 0.600. The molecule has 2 saturated carbocycles. The van der Waals surface area contributed by atoms with Crippen molar-refractivity contribution >= 4 is 0 Å². The molecule has 2 aliphatic carbocycles. The Balaban J connectivity index is 1.22. The van der Waals surface area contributed by atoms with E-state index >= 15 is 0 Å². The molecule has 214 valence electrons. The van der Waals surface area contributed by atoms with Crippen molar-refractivity contribution in [2.45, 2.75) is 115 Å². The summed E-state index contributed by atoms with van der Waals surface area (Å²) in [6.45, 7) is 5.95. The highest BCUT2D eigenvalue weighted by atomic mass is 19.3. The van der Waals surface area contributed by atoms with Crippen LogP contribution in [0.5, 0.6) is 0 Å². The van der Waals surface area contributed by atoms with Gasteiger partial charge in [-0.15, -0.1) is 6.58 Å². The molecule has 2 aromatic rings. The minimum absolute atomic E-state index is 0.164. The minimum Gasteiger partial charge on any atom is -0.316 e. The Hall–Kier alpha value is -2.07. The Morgan fingerprint density at radius 2 is 1.49 bits per heavy atom. The average molecular weight is 541 g/mol. The average Bonchev–Trinajstić information content (AvgIpc) is 2.96. The highest BCUT2D eigenvalue weighted by Gasteiger charge is 2.36. The second-order valence-electron chi connectivity index (χ2n) is 12.0. The maximum Gasteiger partial charge on any atom is 0.386 e. The Morgan fingerprint density at radius 1 is 0.846 bits per heavy atom. The van der Waals surface area contributed by atoms with Crippen molar-refractivity contribution in [1.29, 1.82) is 0 Å². The van der Waals surface area contributed by atoms with Crippen molar-refractivity contribution < 1.29 is 17.9 Å². The topological polar surface area (TPSA) is 9.23 Å².